The second-order valence-electron chi connectivity index (χ2n) is 5.50. The van der Waals surface area contributed by atoms with Gasteiger partial charge in [0.2, 0.25) is 0 Å². The first-order valence-corrected chi connectivity index (χ1v) is 7.76. The molecule has 1 aliphatic rings. The molecular weight excluding hydrogens is 297 g/mol. The van der Waals surface area contributed by atoms with Gasteiger partial charge in [0, 0.05) is 25.1 Å². The van der Waals surface area contributed by atoms with Gasteiger partial charge in [0.05, 0.1) is 19.3 Å². The van der Waals surface area contributed by atoms with Gasteiger partial charge in [0.25, 0.3) is 0 Å². The van der Waals surface area contributed by atoms with Crippen molar-refractivity contribution in [2.45, 2.75) is 19.1 Å². The SMILES string of the molecule is OC(CNCc1cccc2c1OCCCO2)c1cccc(F)c1. The van der Waals surface area contributed by atoms with E-state index in [4.69, 9.17) is 9.47 Å². The molecule has 2 aromatic carbocycles. The second-order valence-corrected chi connectivity index (χ2v) is 5.50. The van der Waals surface area contributed by atoms with Crippen molar-refractivity contribution in [2.24, 2.45) is 0 Å². The van der Waals surface area contributed by atoms with Crippen LogP contribution in [0.5, 0.6) is 11.5 Å². The summed E-state index contributed by atoms with van der Waals surface area (Å²) < 4.78 is 24.6. The fraction of sp³-hybridized carbons (Fsp3) is 0.333. The van der Waals surface area contributed by atoms with E-state index in [1.165, 1.54) is 12.1 Å². The Morgan fingerprint density at radius 3 is 2.83 bits per heavy atom. The Bertz CT molecular complexity index is 662. The standard InChI is InChI=1S/C18H20FNO3/c19-15-6-1-4-13(10-15)16(21)12-20-11-14-5-2-7-17-18(14)23-9-3-8-22-17/h1-2,4-7,10,16,20-21H,3,8-9,11-12H2. The van der Waals surface area contributed by atoms with Crippen LogP contribution in [-0.4, -0.2) is 24.9 Å². The molecule has 5 heteroatoms. The van der Waals surface area contributed by atoms with Gasteiger partial charge in [-0.3, -0.25) is 0 Å². The second kappa shape index (κ2) is 7.44. The monoisotopic (exact) mass is 317 g/mol. The minimum atomic E-state index is -0.759. The molecule has 1 unspecified atom stereocenters. The number of aliphatic hydroxyl groups is 1. The van der Waals surface area contributed by atoms with E-state index in [1.54, 1.807) is 12.1 Å². The Balaban J connectivity index is 1.61. The van der Waals surface area contributed by atoms with Crippen LogP contribution in [0.1, 0.15) is 23.7 Å². The first-order chi connectivity index (χ1) is 11.2. The molecule has 0 fully saturated rings. The molecule has 1 heterocycles. The average molecular weight is 317 g/mol. The van der Waals surface area contributed by atoms with Crippen LogP contribution in [-0.2, 0) is 6.54 Å². The van der Waals surface area contributed by atoms with Gasteiger partial charge in [-0.05, 0) is 23.8 Å². The number of benzene rings is 2. The topological polar surface area (TPSA) is 50.7 Å². The molecule has 0 amide bonds. The molecular formula is C18H20FNO3. The first kappa shape index (κ1) is 15.8. The molecule has 23 heavy (non-hydrogen) atoms. The third-order valence-electron chi connectivity index (χ3n) is 3.74. The molecule has 0 radical (unpaired) electrons. The lowest BCUT2D eigenvalue weighted by molar-refractivity contribution is 0.173. The van der Waals surface area contributed by atoms with Gasteiger partial charge in [-0.1, -0.05) is 24.3 Å². The molecule has 1 atom stereocenters. The summed E-state index contributed by atoms with van der Waals surface area (Å²) >= 11 is 0. The van der Waals surface area contributed by atoms with Gasteiger partial charge >= 0.3 is 0 Å². The number of halogens is 1. The van der Waals surface area contributed by atoms with Gasteiger partial charge in [-0.25, -0.2) is 4.39 Å². The maximum Gasteiger partial charge on any atom is 0.165 e. The van der Waals surface area contributed by atoms with Crippen molar-refractivity contribution in [3.8, 4) is 11.5 Å². The molecule has 0 saturated heterocycles. The van der Waals surface area contributed by atoms with Crippen LogP contribution >= 0.6 is 0 Å². The minimum Gasteiger partial charge on any atom is -0.490 e. The number of ether oxygens (including phenoxy) is 2. The van der Waals surface area contributed by atoms with E-state index in [0.717, 1.165) is 23.5 Å². The van der Waals surface area contributed by atoms with Crippen LogP contribution in [0.2, 0.25) is 0 Å². The molecule has 0 aliphatic carbocycles. The highest BCUT2D eigenvalue weighted by atomic mass is 19.1. The lowest BCUT2D eigenvalue weighted by Gasteiger charge is -2.15. The molecule has 1 aliphatic heterocycles. The lowest BCUT2D eigenvalue weighted by atomic mass is 10.1. The van der Waals surface area contributed by atoms with Gasteiger partial charge in [0.15, 0.2) is 11.5 Å². The van der Waals surface area contributed by atoms with Crippen LogP contribution in [0.15, 0.2) is 42.5 Å². The molecule has 122 valence electrons. The number of rotatable bonds is 5. The Morgan fingerprint density at radius 1 is 1.13 bits per heavy atom. The highest BCUT2D eigenvalue weighted by Gasteiger charge is 2.15. The van der Waals surface area contributed by atoms with Crippen LogP contribution in [0.25, 0.3) is 0 Å². The molecule has 3 rings (SSSR count). The molecule has 0 spiro atoms. The van der Waals surface area contributed by atoms with Gasteiger partial charge in [0.1, 0.15) is 5.82 Å². The Hall–Kier alpha value is -2.11. The predicted octanol–water partition coefficient (Wildman–Crippen LogP) is 2.81. The summed E-state index contributed by atoms with van der Waals surface area (Å²) in [4.78, 5) is 0. The largest absolute Gasteiger partial charge is 0.490 e. The van der Waals surface area contributed by atoms with E-state index in [0.29, 0.717) is 31.9 Å². The minimum absolute atomic E-state index is 0.327. The van der Waals surface area contributed by atoms with Crippen LogP contribution in [0, 0.1) is 5.82 Å². The van der Waals surface area contributed by atoms with Crippen LogP contribution in [0.4, 0.5) is 4.39 Å². The Morgan fingerprint density at radius 2 is 1.96 bits per heavy atom. The first-order valence-electron chi connectivity index (χ1n) is 7.76. The van der Waals surface area contributed by atoms with Crippen molar-refractivity contribution in [3.05, 3.63) is 59.4 Å². The third kappa shape index (κ3) is 4.00. The number of hydrogen-bond donors (Lipinski definition) is 2. The van der Waals surface area contributed by atoms with Gasteiger partial charge in [-0.15, -0.1) is 0 Å². The van der Waals surface area contributed by atoms with Gasteiger partial charge < -0.3 is 19.9 Å². The van der Waals surface area contributed by atoms with E-state index in [1.807, 2.05) is 18.2 Å². The zero-order valence-electron chi connectivity index (χ0n) is 12.8. The normalized spacial score (nSPS) is 15.0. The Kier molecular flexibility index (Phi) is 5.10. The van der Waals surface area contributed by atoms with Crippen LogP contribution in [0.3, 0.4) is 0 Å². The maximum absolute atomic E-state index is 13.2. The van der Waals surface area contributed by atoms with E-state index < -0.39 is 6.10 Å². The highest BCUT2D eigenvalue weighted by Crippen LogP contribution is 2.33. The van der Waals surface area contributed by atoms with Crippen molar-refractivity contribution in [2.75, 3.05) is 19.8 Å². The van der Waals surface area contributed by atoms with Crippen molar-refractivity contribution >= 4 is 0 Å². The third-order valence-corrected chi connectivity index (χ3v) is 3.74. The number of aliphatic hydroxyl groups excluding tert-OH is 1. The molecule has 4 nitrogen and oxygen atoms in total. The molecule has 2 N–H and O–H groups in total. The van der Waals surface area contributed by atoms with Crippen molar-refractivity contribution in [3.63, 3.8) is 0 Å². The predicted molar refractivity (Wildman–Crippen MR) is 85.1 cm³/mol. The maximum atomic E-state index is 13.2. The number of fused-ring (bicyclic) bond motifs is 1. The summed E-state index contributed by atoms with van der Waals surface area (Å²) in [6.07, 6.45) is 0.102. The summed E-state index contributed by atoms with van der Waals surface area (Å²) in [5.41, 5.74) is 1.54. The molecule has 2 aromatic rings. The van der Waals surface area contributed by atoms with E-state index in [2.05, 4.69) is 5.32 Å². The van der Waals surface area contributed by atoms with Gasteiger partial charge in [-0.2, -0.15) is 0 Å². The summed E-state index contributed by atoms with van der Waals surface area (Å²) in [7, 11) is 0. The molecule has 0 aromatic heterocycles. The summed E-state index contributed by atoms with van der Waals surface area (Å²) in [6, 6.07) is 11.8. The van der Waals surface area contributed by atoms with Crippen LogP contribution < -0.4 is 14.8 Å². The Labute approximate surface area is 134 Å². The number of nitrogens with one attached hydrogen (secondary N) is 1. The van der Waals surface area contributed by atoms with E-state index in [9.17, 15) is 9.50 Å². The van der Waals surface area contributed by atoms with Crippen molar-refractivity contribution < 1.29 is 19.0 Å². The van der Waals surface area contributed by atoms with E-state index in [-0.39, 0.29) is 5.82 Å². The summed E-state index contributed by atoms with van der Waals surface area (Å²) in [6.45, 7) is 2.16. The van der Waals surface area contributed by atoms with Crippen molar-refractivity contribution in [1.82, 2.24) is 5.32 Å². The molecule has 0 bridgehead atoms. The smallest absolute Gasteiger partial charge is 0.165 e. The number of para-hydroxylation sites is 1. The fourth-order valence-corrected chi connectivity index (χ4v) is 2.57. The fourth-order valence-electron chi connectivity index (χ4n) is 2.57. The quantitative estimate of drug-likeness (QED) is 0.890. The highest BCUT2D eigenvalue weighted by molar-refractivity contribution is 5.47. The van der Waals surface area contributed by atoms with Crippen molar-refractivity contribution in [1.29, 1.82) is 0 Å². The van der Waals surface area contributed by atoms with E-state index >= 15 is 0 Å². The number of hydrogen-bond acceptors (Lipinski definition) is 4. The zero-order valence-corrected chi connectivity index (χ0v) is 12.8. The average Bonchev–Trinajstić information content (AvgIpc) is 2.81. The lowest BCUT2D eigenvalue weighted by Crippen LogP contribution is -2.21. The molecule has 0 saturated carbocycles. The summed E-state index contributed by atoms with van der Waals surface area (Å²) in [5.74, 6) is 1.17. The summed E-state index contributed by atoms with van der Waals surface area (Å²) in [5, 5.41) is 13.3. The zero-order chi connectivity index (χ0) is 16.1.